The summed E-state index contributed by atoms with van der Waals surface area (Å²) in [6.07, 6.45) is 2.59. The van der Waals surface area contributed by atoms with E-state index < -0.39 is 0 Å². The molecular weight excluding hydrogens is 208 g/mol. The summed E-state index contributed by atoms with van der Waals surface area (Å²) < 4.78 is 5.15. The molecule has 15 heavy (non-hydrogen) atoms. The SMILES string of the molecule is Cc1noc(C)c1-c1nc(C2CC2)cs1. The second kappa shape index (κ2) is 3.17. The fourth-order valence-electron chi connectivity index (χ4n) is 1.76. The van der Waals surface area contributed by atoms with Crippen LogP contribution in [0.1, 0.15) is 35.9 Å². The standard InChI is InChI=1S/C11H12N2OS/c1-6-10(7(2)14-13-6)11-12-9(5-15-11)8-3-4-8/h5,8H,3-4H2,1-2H3. The van der Waals surface area contributed by atoms with Gasteiger partial charge in [-0.05, 0) is 26.7 Å². The van der Waals surface area contributed by atoms with Crippen molar-refractivity contribution >= 4 is 11.3 Å². The second-order valence-electron chi connectivity index (χ2n) is 4.05. The Morgan fingerprint density at radius 1 is 1.40 bits per heavy atom. The first-order valence-electron chi connectivity index (χ1n) is 5.14. The normalized spacial score (nSPS) is 15.9. The second-order valence-corrected chi connectivity index (χ2v) is 4.91. The number of aromatic nitrogens is 2. The van der Waals surface area contributed by atoms with Gasteiger partial charge in [0.2, 0.25) is 0 Å². The van der Waals surface area contributed by atoms with E-state index in [9.17, 15) is 0 Å². The first-order chi connectivity index (χ1) is 7.25. The van der Waals surface area contributed by atoms with Crippen LogP contribution in [0.2, 0.25) is 0 Å². The molecule has 0 aromatic carbocycles. The van der Waals surface area contributed by atoms with Gasteiger partial charge in [-0.2, -0.15) is 0 Å². The minimum Gasteiger partial charge on any atom is -0.361 e. The van der Waals surface area contributed by atoms with Crippen LogP contribution < -0.4 is 0 Å². The lowest BCUT2D eigenvalue weighted by Crippen LogP contribution is -1.82. The van der Waals surface area contributed by atoms with Crippen molar-refractivity contribution in [2.75, 3.05) is 0 Å². The number of aryl methyl sites for hydroxylation is 2. The molecule has 0 N–H and O–H groups in total. The van der Waals surface area contributed by atoms with E-state index in [2.05, 4.69) is 15.5 Å². The molecule has 78 valence electrons. The summed E-state index contributed by atoms with van der Waals surface area (Å²) in [4.78, 5) is 4.65. The molecule has 1 fully saturated rings. The smallest absolute Gasteiger partial charge is 0.144 e. The third kappa shape index (κ3) is 1.49. The average Bonchev–Trinajstić information content (AvgIpc) is 2.87. The van der Waals surface area contributed by atoms with Crippen LogP contribution in [-0.4, -0.2) is 10.1 Å². The van der Waals surface area contributed by atoms with E-state index >= 15 is 0 Å². The summed E-state index contributed by atoms with van der Waals surface area (Å²) in [6.45, 7) is 3.90. The molecule has 0 spiro atoms. The lowest BCUT2D eigenvalue weighted by molar-refractivity contribution is 0.393. The summed E-state index contributed by atoms with van der Waals surface area (Å²) in [7, 11) is 0. The molecule has 3 nitrogen and oxygen atoms in total. The highest BCUT2D eigenvalue weighted by Crippen LogP contribution is 2.42. The average molecular weight is 220 g/mol. The van der Waals surface area contributed by atoms with Crippen molar-refractivity contribution in [3.63, 3.8) is 0 Å². The van der Waals surface area contributed by atoms with Crippen LogP contribution in [0.4, 0.5) is 0 Å². The van der Waals surface area contributed by atoms with Gasteiger partial charge in [0.05, 0.1) is 17.0 Å². The molecule has 0 amide bonds. The number of nitrogens with zero attached hydrogens (tertiary/aromatic N) is 2. The quantitative estimate of drug-likeness (QED) is 0.779. The van der Waals surface area contributed by atoms with E-state index in [4.69, 9.17) is 4.52 Å². The van der Waals surface area contributed by atoms with Crippen molar-refractivity contribution < 1.29 is 4.52 Å². The van der Waals surface area contributed by atoms with Crippen molar-refractivity contribution in [2.45, 2.75) is 32.6 Å². The maximum Gasteiger partial charge on any atom is 0.144 e. The van der Waals surface area contributed by atoms with Gasteiger partial charge in [0.15, 0.2) is 0 Å². The van der Waals surface area contributed by atoms with Gasteiger partial charge in [-0.1, -0.05) is 5.16 Å². The van der Waals surface area contributed by atoms with Crippen LogP contribution >= 0.6 is 11.3 Å². The van der Waals surface area contributed by atoms with Gasteiger partial charge in [-0.25, -0.2) is 4.98 Å². The monoisotopic (exact) mass is 220 g/mol. The zero-order valence-electron chi connectivity index (χ0n) is 8.78. The molecule has 0 bridgehead atoms. The fourth-order valence-corrected chi connectivity index (χ4v) is 2.80. The Hall–Kier alpha value is -1.16. The van der Waals surface area contributed by atoms with Crippen LogP contribution in [0.3, 0.4) is 0 Å². The van der Waals surface area contributed by atoms with Gasteiger partial charge in [-0.15, -0.1) is 11.3 Å². The molecule has 0 aliphatic heterocycles. The van der Waals surface area contributed by atoms with Crippen molar-refractivity contribution in [1.29, 1.82) is 0 Å². The van der Waals surface area contributed by atoms with E-state index in [0.29, 0.717) is 0 Å². The summed E-state index contributed by atoms with van der Waals surface area (Å²) in [6, 6.07) is 0. The molecule has 4 heteroatoms. The highest BCUT2D eigenvalue weighted by molar-refractivity contribution is 7.13. The topological polar surface area (TPSA) is 38.9 Å². The fraction of sp³-hybridized carbons (Fsp3) is 0.455. The van der Waals surface area contributed by atoms with E-state index in [1.807, 2.05) is 13.8 Å². The highest BCUT2D eigenvalue weighted by atomic mass is 32.1. The van der Waals surface area contributed by atoms with Gasteiger partial charge < -0.3 is 4.52 Å². The Labute approximate surface area is 92.1 Å². The minimum absolute atomic E-state index is 0.718. The number of rotatable bonds is 2. The van der Waals surface area contributed by atoms with Crippen LogP contribution in [0.5, 0.6) is 0 Å². The molecule has 3 rings (SSSR count). The molecule has 2 aromatic rings. The van der Waals surface area contributed by atoms with Crippen molar-refractivity contribution in [3.05, 3.63) is 22.5 Å². The molecule has 1 aliphatic rings. The Kier molecular flexibility index (Phi) is 1.92. The van der Waals surface area contributed by atoms with Gasteiger partial charge in [0, 0.05) is 11.3 Å². The van der Waals surface area contributed by atoms with E-state index in [0.717, 1.165) is 27.9 Å². The molecule has 2 aromatic heterocycles. The maximum atomic E-state index is 5.15. The lowest BCUT2D eigenvalue weighted by Gasteiger charge is -1.92. The predicted molar refractivity (Wildman–Crippen MR) is 59.1 cm³/mol. The summed E-state index contributed by atoms with van der Waals surface area (Å²) >= 11 is 1.69. The third-order valence-corrected chi connectivity index (χ3v) is 3.64. The van der Waals surface area contributed by atoms with Crippen LogP contribution in [0.25, 0.3) is 10.6 Å². The molecule has 1 aliphatic carbocycles. The Balaban J connectivity index is 2.04. The first-order valence-corrected chi connectivity index (χ1v) is 6.02. The molecule has 0 radical (unpaired) electrons. The number of hydrogen-bond donors (Lipinski definition) is 0. The third-order valence-electron chi connectivity index (χ3n) is 2.76. The summed E-state index contributed by atoms with van der Waals surface area (Å²) in [5, 5.41) is 7.17. The van der Waals surface area contributed by atoms with Gasteiger partial charge in [0.25, 0.3) is 0 Å². The minimum atomic E-state index is 0.718. The molecule has 0 saturated heterocycles. The van der Waals surface area contributed by atoms with E-state index in [-0.39, 0.29) is 0 Å². The van der Waals surface area contributed by atoms with E-state index in [1.54, 1.807) is 11.3 Å². The Bertz CT molecular complexity index is 477. The van der Waals surface area contributed by atoms with Crippen molar-refractivity contribution in [2.24, 2.45) is 0 Å². The zero-order chi connectivity index (χ0) is 10.4. The van der Waals surface area contributed by atoms with Crippen molar-refractivity contribution in [1.82, 2.24) is 10.1 Å². The van der Waals surface area contributed by atoms with E-state index in [1.165, 1.54) is 18.5 Å². The Morgan fingerprint density at radius 2 is 2.20 bits per heavy atom. The Morgan fingerprint density at radius 3 is 2.80 bits per heavy atom. The van der Waals surface area contributed by atoms with Gasteiger partial charge >= 0.3 is 0 Å². The number of hydrogen-bond acceptors (Lipinski definition) is 4. The predicted octanol–water partition coefficient (Wildman–Crippen LogP) is 3.29. The largest absolute Gasteiger partial charge is 0.361 e. The first kappa shape index (κ1) is 9.09. The van der Waals surface area contributed by atoms with Gasteiger partial charge in [-0.3, -0.25) is 0 Å². The van der Waals surface area contributed by atoms with Gasteiger partial charge in [0.1, 0.15) is 10.8 Å². The van der Waals surface area contributed by atoms with Crippen LogP contribution in [0, 0.1) is 13.8 Å². The highest BCUT2D eigenvalue weighted by Gasteiger charge is 2.27. The van der Waals surface area contributed by atoms with Crippen LogP contribution in [-0.2, 0) is 0 Å². The van der Waals surface area contributed by atoms with Crippen molar-refractivity contribution in [3.8, 4) is 10.6 Å². The van der Waals surface area contributed by atoms with Crippen LogP contribution in [0.15, 0.2) is 9.90 Å². The molecular formula is C11H12N2OS. The zero-order valence-corrected chi connectivity index (χ0v) is 9.60. The summed E-state index contributed by atoms with van der Waals surface area (Å²) in [5.41, 5.74) is 3.26. The molecule has 2 heterocycles. The summed E-state index contributed by atoms with van der Waals surface area (Å²) in [5.74, 6) is 1.58. The molecule has 1 saturated carbocycles. The molecule has 0 unspecified atom stereocenters. The number of thiazole rings is 1. The maximum absolute atomic E-state index is 5.15. The molecule has 0 atom stereocenters. The lowest BCUT2D eigenvalue weighted by atomic mass is 10.2.